The minimum atomic E-state index is -0.267. The molecule has 0 aliphatic carbocycles. The van der Waals surface area contributed by atoms with Crippen LogP contribution < -0.4 is 16.4 Å². The van der Waals surface area contributed by atoms with Crippen LogP contribution in [0.2, 0.25) is 0 Å². The van der Waals surface area contributed by atoms with E-state index in [1.165, 1.54) is 0 Å². The van der Waals surface area contributed by atoms with Gasteiger partial charge in [0.1, 0.15) is 0 Å². The molecule has 88 valence electrons. The van der Waals surface area contributed by atoms with E-state index >= 15 is 0 Å². The van der Waals surface area contributed by atoms with E-state index in [0.717, 1.165) is 4.47 Å². The Morgan fingerprint density at radius 2 is 2.00 bits per heavy atom. The zero-order valence-corrected chi connectivity index (χ0v) is 11.2. The summed E-state index contributed by atoms with van der Waals surface area (Å²) < 4.78 is 0.797. The molecule has 0 bridgehead atoms. The highest BCUT2D eigenvalue weighted by atomic mass is 79.9. The standard InChI is InChI=1S/C11H16BrN3O/c1-11(2,3)15-10(16)14-9-6-7(13)4-5-8(9)12/h4-6H,13H2,1-3H3,(H2,14,15,16). The number of rotatable bonds is 1. The Bertz CT molecular complexity index is 399. The Kier molecular flexibility index (Phi) is 3.80. The van der Waals surface area contributed by atoms with Crippen molar-refractivity contribution in [2.24, 2.45) is 0 Å². The average Bonchev–Trinajstić information content (AvgIpc) is 2.08. The molecule has 1 aromatic rings. The summed E-state index contributed by atoms with van der Waals surface area (Å²) >= 11 is 3.34. The molecule has 4 N–H and O–H groups in total. The summed E-state index contributed by atoms with van der Waals surface area (Å²) in [7, 11) is 0. The molecule has 0 radical (unpaired) electrons. The molecule has 0 atom stereocenters. The van der Waals surface area contributed by atoms with Crippen molar-refractivity contribution in [3.63, 3.8) is 0 Å². The quantitative estimate of drug-likeness (QED) is 0.695. The number of carbonyl (C=O) groups is 1. The van der Waals surface area contributed by atoms with Crippen LogP contribution in [0.5, 0.6) is 0 Å². The van der Waals surface area contributed by atoms with Crippen LogP contribution in [0, 0.1) is 0 Å². The van der Waals surface area contributed by atoms with E-state index in [1.54, 1.807) is 18.2 Å². The van der Waals surface area contributed by atoms with Crippen molar-refractivity contribution in [1.82, 2.24) is 5.32 Å². The fourth-order valence-corrected chi connectivity index (χ4v) is 1.48. The molecule has 1 aromatic carbocycles. The van der Waals surface area contributed by atoms with Crippen molar-refractivity contribution in [3.8, 4) is 0 Å². The molecule has 0 heterocycles. The van der Waals surface area contributed by atoms with E-state index in [-0.39, 0.29) is 11.6 Å². The summed E-state index contributed by atoms with van der Waals surface area (Å²) in [5.74, 6) is 0. The number of carbonyl (C=O) groups excluding carboxylic acids is 1. The van der Waals surface area contributed by atoms with Gasteiger partial charge in [0, 0.05) is 15.7 Å². The molecule has 2 amide bonds. The smallest absolute Gasteiger partial charge is 0.319 e. The Labute approximate surface area is 104 Å². The van der Waals surface area contributed by atoms with Crippen molar-refractivity contribution in [2.45, 2.75) is 26.3 Å². The van der Waals surface area contributed by atoms with Crippen molar-refractivity contribution >= 4 is 33.3 Å². The van der Waals surface area contributed by atoms with Crippen LogP contribution >= 0.6 is 15.9 Å². The fraction of sp³-hybridized carbons (Fsp3) is 0.364. The van der Waals surface area contributed by atoms with Crippen LogP contribution in [-0.2, 0) is 0 Å². The molecule has 5 heteroatoms. The van der Waals surface area contributed by atoms with Gasteiger partial charge in [0.05, 0.1) is 5.69 Å². The molecular formula is C11H16BrN3O. The highest BCUT2D eigenvalue weighted by Crippen LogP contribution is 2.24. The fourth-order valence-electron chi connectivity index (χ4n) is 1.13. The number of hydrogen-bond donors (Lipinski definition) is 3. The first-order chi connectivity index (χ1) is 7.28. The molecule has 0 unspecified atom stereocenters. The molecular weight excluding hydrogens is 270 g/mol. The largest absolute Gasteiger partial charge is 0.399 e. The van der Waals surface area contributed by atoms with E-state index in [9.17, 15) is 4.79 Å². The monoisotopic (exact) mass is 285 g/mol. The number of nitrogen functional groups attached to an aromatic ring is 1. The van der Waals surface area contributed by atoms with Gasteiger partial charge in [-0.15, -0.1) is 0 Å². The summed E-state index contributed by atoms with van der Waals surface area (Å²) in [6.45, 7) is 5.75. The van der Waals surface area contributed by atoms with E-state index in [0.29, 0.717) is 11.4 Å². The molecule has 0 aliphatic heterocycles. The van der Waals surface area contributed by atoms with Gasteiger partial charge in [-0.3, -0.25) is 0 Å². The lowest BCUT2D eigenvalue weighted by Gasteiger charge is -2.21. The minimum absolute atomic E-state index is 0.251. The van der Waals surface area contributed by atoms with E-state index in [4.69, 9.17) is 5.73 Å². The number of anilines is 2. The van der Waals surface area contributed by atoms with Crippen molar-refractivity contribution in [1.29, 1.82) is 0 Å². The topological polar surface area (TPSA) is 67.2 Å². The Morgan fingerprint density at radius 3 is 2.56 bits per heavy atom. The minimum Gasteiger partial charge on any atom is -0.399 e. The first-order valence-electron chi connectivity index (χ1n) is 4.92. The number of hydrogen-bond acceptors (Lipinski definition) is 2. The third kappa shape index (κ3) is 4.10. The first kappa shape index (κ1) is 12.8. The maximum atomic E-state index is 11.6. The van der Waals surface area contributed by atoms with Gasteiger partial charge in [-0.05, 0) is 54.9 Å². The molecule has 0 fully saturated rings. The number of amides is 2. The lowest BCUT2D eigenvalue weighted by Crippen LogP contribution is -2.43. The number of halogens is 1. The lowest BCUT2D eigenvalue weighted by atomic mass is 10.1. The lowest BCUT2D eigenvalue weighted by molar-refractivity contribution is 0.244. The van der Waals surface area contributed by atoms with Crippen LogP contribution in [0.1, 0.15) is 20.8 Å². The van der Waals surface area contributed by atoms with Gasteiger partial charge in [-0.1, -0.05) is 0 Å². The zero-order chi connectivity index (χ0) is 12.3. The molecule has 0 aliphatic rings. The predicted molar refractivity (Wildman–Crippen MR) is 70.5 cm³/mol. The Balaban J connectivity index is 2.73. The van der Waals surface area contributed by atoms with Crippen LogP contribution in [0.15, 0.2) is 22.7 Å². The number of benzene rings is 1. The summed E-state index contributed by atoms with van der Waals surface area (Å²) in [5.41, 5.74) is 6.63. The van der Waals surface area contributed by atoms with Crippen LogP contribution in [0.3, 0.4) is 0 Å². The Morgan fingerprint density at radius 1 is 1.38 bits per heavy atom. The normalized spacial score (nSPS) is 11.0. The second kappa shape index (κ2) is 4.74. The molecule has 1 rings (SSSR count). The summed E-state index contributed by atoms with van der Waals surface area (Å²) in [6, 6.07) is 5.00. The number of urea groups is 1. The van der Waals surface area contributed by atoms with Crippen molar-refractivity contribution in [3.05, 3.63) is 22.7 Å². The molecule has 0 saturated carbocycles. The van der Waals surface area contributed by atoms with Crippen LogP contribution in [0.25, 0.3) is 0 Å². The number of nitrogens with one attached hydrogen (secondary N) is 2. The molecule has 4 nitrogen and oxygen atoms in total. The molecule has 0 spiro atoms. The van der Waals surface area contributed by atoms with Gasteiger partial charge >= 0.3 is 6.03 Å². The second-order valence-electron chi connectivity index (χ2n) is 4.57. The van der Waals surface area contributed by atoms with Crippen molar-refractivity contribution in [2.75, 3.05) is 11.1 Å². The molecule has 0 aromatic heterocycles. The summed E-state index contributed by atoms with van der Waals surface area (Å²) in [6.07, 6.45) is 0. The van der Waals surface area contributed by atoms with Gasteiger partial charge in [-0.2, -0.15) is 0 Å². The van der Waals surface area contributed by atoms with Gasteiger partial charge < -0.3 is 16.4 Å². The maximum Gasteiger partial charge on any atom is 0.319 e. The van der Waals surface area contributed by atoms with Gasteiger partial charge in [-0.25, -0.2) is 4.79 Å². The molecule has 0 saturated heterocycles. The Hall–Kier alpha value is -1.23. The second-order valence-corrected chi connectivity index (χ2v) is 5.42. The van der Waals surface area contributed by atoms with E-state index < -0.39 is 0 Å². The third-order valence-electron chi connectivity index (χ3n) is 1.73. The van der Waals surface area contributed by atoms with E-state index in [1.807, 2.05) is 20.8 Å². The SMILES string of the molecule is CC(C)(C)NC(=O)Nc1cc(N)ccc1Br. The molecule has 16 heavy (non-hydrogen) atoms. The summed E-state index contributed by atoms with van der Waals surface area (Å²) in [4.78, 5) is 11.6. The predicted octanol–water partition coefficient (Wildman–Crippen LogP) is 2.95. The van der Waals surface area contributed by atoms with Gasteiger partial charge in [0.25, 0.3) is 0 Å². The first-order valence-corrected chi connectivity index (χ1v) is 5.71. The van der Waals surface area contributed by atoms with E-state index in [2.05, 4.69) is 26.6 Å². The van der Waals surface area contributed by atoms with Crippen molar-refractivity contribution < 1.29 is 4.79 Å². The van der Waals surface area contributed by atoms with Gasteiger partial charge in [0.2, 0.25) is 0 Å². The zero-order valence-electron chi connectivity index (χ0n) is 9.60. The average molecular weight is 286 g/mol. The number of nitrogens with two attached hydrogens (primary N) is 1. The highest BCUT2D eigenvalue weighted by Gasteiger charge is 2.14. The summed E-state index contributed by atoms with van der Waals surface area (Å²) in [5, 5.41) is 5.53. The van der Waals surface area contributed by atoms with Crippen LogP contribution in [0.4, 0.5) is 16.2 Å². The third-order valence-corrected chi connectivity index (χ3v) is 2.42. The van der Waals surface area contributed by atoms with Gasteiger partial charge in [0.15, 0.2) is 0 Å². The highest BCUT2D eigenvalue weighted by molar-refractivity contribution is 9.10. The maximum absolute atomic E-state index is 11.6. The van der Waals surface area contributed by atoms with Crippen LogP contribution in [-0.4, -0.2) is 11.6 Å².